The Kier molecular flexibility index (Phi) is 36.3. The van der Waals surface area contributed by atoms with Crippen molar-refractivity contribution in [3.63, 3.8) is 0 Å². The number of aliphatic hydroxyl groups is 5. The fourth-order valence-corrected chi connectivity index (χ4v) is 8.49. The molecule has 364 valence electrons. The van der Waals surface area contributed by atoms with Crippen LogP contribution in [-0.4, -0.2) is 98.3 Å². The molecule has 0 aliphatic heterocycles. The first-order chi connectivity index (χ1) is 29.9. The van der Waals surface area contributed by atoms with Crippen molar-refractivity contribution in [1.29, 1.82) is 0 Å². The van der Waals surface area contributed by atoms with E-state index in [1.807, 2.05) is 0 Å². The van der Waals surface area contributed by atoms with Crippen molar-refractivity contribution in [1.82, 2.24) is 0 Å². The van der Waals surface area contributed by atoms with Gasteiger partial charge in [-0.15, -0.1) is 0 Å². The van der Waals surface area contributed by atoms with E-state index >= 15 is 0 Å². The largest absolute Gasteiger partial charge is 0.472 e. The molecule has 14 heteroatoms. The normalized spacial score (nSPS) is 22.0. The fraction of sp³-hybridized carbons (Fsp3) is 0.875. The van der Waals surface area contributed by atoms with Gasteiger partial charge in [0.25, 0.3) is 0 Å². The van der Waals surface area contributed by atoms with Gasteiger partial charge in [0.05, 0.1) is 6.61 Å². The minimum absolute atomic E-state index is 0.0920. The Labute approximate surface area is 375 Å². The van der Waals surface area contributed by atoms with Crippen LogP contribution in [0.1, 0.15) is 213 Å². The van der Waals surface area contributed by atoms with Crippen LogP contribution in [0.3, 0.4) is 0 Å². The molecule has 1 rings (SSSR count). The number of aliphatic hydroxyl groups excluding tert-OH is 5. The van der Waals surface area contributed by atoms with Gasteiger partial charge in [-0.2, -0.15) is 0 Å². The van der Waals surface area contributed by atoms with E-state index < -0.39 is 75.7 Å². The zero-order chi connectivity index (χ0) is 45.7. The van der Waals surface area contributed by atoms with Crippen LogP contribution in [0.4, 0.5) is 0 Å². The van der Waals surface area contributed by atoms with Crippen LogP contribution in [-0.2, 0) is 32.7 Å². The number of esters is 2. The molecule has 0 saturated heterocycles. The lowest BCUT2D eigenvalue weighted by Crippen LogP contribution is -2.64. The molecule has 0 spiro atoms. The Morgan fingerprint density at radius 3 is 1.23 bits per heavy atom. The van der Waals surface area contributed by atoms with Crippen molar-refractivity contribution in [2.45, 2.75) is 256 Å². The second-order valence-corrected chi connectivity index (χ2v) is 18.7. The van der Waals surface area contributed by atoms with Crippen molar-refractivity contribution in [2.75, 3.05) is 13.2 Å². The zero-order valence-corrected chi connectivity index (χ0v) is 39.6. The molecule has 0 radical (unpaired) electrons. The number of phosphoric acid groups is 1. The quantitative estimate of drug-likeness (QED) is 0.0146. The maximum atomic E-state index is 12.8. The Bertz CT molecular complexity index is 1180. The summed E-state index contributed by atoms with van der Waals surface area (Å²) < 4.78 is 33.6. The molecule has 1 aliphatic carbocycles. The molecule has 0 aromatic carbocycles. The molecule has 1 aliphatic rings. The molecule has 0 aromatic heterocycles. The number of hydrogen-bond donors (Lipinski definition) is 6. The minimum atomic E-state index is -5.12. The second-order valence-electron chi connectivity index (χ2n) is 17.3. The van der Waals surface area contributed by atoms with E-state index in [2.05, 4.69) is 38.2 Å². The van der Waals surface area contributed by atoms with E-state index in [0.717, 1.165) is 70.6 Å². The lowest BCUT2D eigenvalue weighted by atomic mass is 9.85. The summed E-state index contributed by atoms with van der Waals surface area (Å²) in [7, 11) is -5.12. The number of phosphoric ester groups is 1. The molecule has 6 N–H and O–H groups in total. The van der Waals surface area contributed by atoms with Crippen LogP contribution in [0.15, 0.2) is 24.3 Å². The molecule has 1 saturated carbocycles. The van der Waals surface area contributed by atoms with Gasteiger partial charge in [-0.25, -0.2) is 4.57 Å². The van der Waals surface area contributed by atoms with Crippen LogP contribution >= 0.6 is 7.82 Å². The van der Waals surface area contributed by atoms with Crippen LogP contribution in [0.25, 0.3) is 0 Å². The average molecular weight is 905 g/mol. The predicted molar refractivity (Wildman–Crippen MR) is 244 cm³/mol. The van der Waals surface area contributed by atoms with Gasteiger partial charge in [0.15, 0.2) is 6.10 Å². The molecule has 6 unspecified atom stereocenters. The zero-order valence-electron chi connectivity index (χ0n) is 38.7. The first-order valence-electron chi connectivity index (χ1n) is 24.6. The van der Waals surface area contributed by atoms with Crippen LogP contribution < -0.4 is 0 Å². The van der Waals surface area contributed by atoms with Gasteiger partial charge in [-0.3, -0.25) is 18.6 Å². The highest BCUT2D eigenvalue weighted by atomic mass is 31.2. The number of ether oxygens (including phenoxy) is 2. The highest BCUT2D eigenvalue weighted by Crippen LogP contribution is 2.47. The Morgan fingerprint density at radius 2 is 0.823 bits per heavy atom. The number of hydrogen-bond acceptors (Lipinski definition) is 12. The van der Waals surface area contributed by atoms with Gasteiger partial charge in [0.2, 0.25) is 0 Å². The molecule has 0 heterocycles. The fourth-order valence-electron chi connectivity index (χ4n) is 7.51. The van der Waals surface area contributed by atoms with Gasteiger partial charge in [-0.1, -0.05) is 160 Å². The van der Waals surface area contributed by atoms with E-state index in [0.29, 0.717) is 12.8 Å². The van der Waals surface area contributed by atoms with Gasteiger partial charge in [-0.05, 0) is 64.2 Å². The van der Waals surface area contributed by atoms with E-state index in [4.69, 9.17) is 18.5 Å². The van der Waals surface area contributed by atoms with Crippen LogP contribution in [0, 0.1) is 0 Å². The molecule has 8 atom stereocenters. The number of rotatable bonds is 41. The monoisotopic (exact) mass is 905 g/mol. The third-order valence-corrected chi connectivity index (χ3v) is 12.5. The molecule has 0 amide bonds. The smallest absolute Gasteiger partial charge is 0.462 e. The first kappa shape index (κ1) is 58.3. The van der Waals surface area contributed by atoms with Crippen molar-refractivity contribution in [3.8, 4) is 0 Å². The van der Waals surface area contributed by atoms with Crippen molar-refractivity contribution in [2.24, 2.45) is 0 Å². The maximum absolute atomic E-state index is 12.8. The number of allylic oxidation sites excluding steroid dienone is 4. The average Bonchev–Trinajstić information content (AvgIpc) is 3.25. The summed E-state index contributed by atoms with van der Waals surface area (Å²) >= 11 is 0. The summed E-state index contributed by atoms with van der Waals surface area (Å²) in [5.41, 5.74) is 0. The molecular formula is C48H89O13P. The highest BCUT2D eigenvalue weighted by molar-refractivity contribution is 7.47. The van der Waals surface area contributed by atoms with Crippen molar-refractivity contribution < 1.29 is 63.1 Å². The first-order valence-corrected chi connectivity index (χ1v) is 26.1. The predicted octanol–water partition coefficient (Wildman–Crippen LogP) is 10.0. The van der Waals surface area contributed by atoms with Crippen molar-refractivity contribution >= 4 is 19.8 Å². The van der Waals surface area contributed by atoms with E-state index in [-0.39, 0.29) is 12.8 Å². The van der Waals surface area contributed by atoms with E-state index in [1.54, 1.807) is 0 Å². The number of unbranched alkanes of at least 4 members (excludes halogenated alkanes) is 25. The highest BCUT2D eigenvalue weighted by Gasteiger charge is 2.51. The van der Waals surface area contributed by atoms with Crippen LogP contribution in [0.2, 0.25) is 0 Å². The summed E-state index contributed by atoms with van der Waals surface area (Å²) in [5.74, 6) is -1.11. The standard InChI is InChI=1S/C48H89O13P/c1-3-5-7-9-11-13-15-17-19-20-21-22-23-25-27-29-31-33-35-37-42(50)60-40(39-59-62(56,57)61-48-46(54)44(52)43(51)45(53)47(48)55)38-58-41(49)36-34-32-30-28-26-24-18-16-14-12-10-8-6-4-2/h16,18,20-21,40,43-48,51-55H,3-15,17,19,22-39H2,1-2H3,(H,56,57)/b18-16-,21-20-/t40-,43?,44-,45?,46?,47?,48?/m1/s1. The maximum Gasteiger partial charge on any atom is 0.472 e. The molecule has 62 heavy (non-hydrogen) atoms. The molecule has 0 bridgehead atoms. The lowest BCUT2D eigenvalue weighted by Gasteiger charge is -2.41. The Hall–Kier alpha value is -1.67. The second kappa shape index (κ2) is 38.6. The van der Waals surface area contributed by atoms with Crippen LogP contribution in [0.5, 0.6) is 0 Å². The molecule has 1 fully saturated rings. The van der Waals surface area contributed by atoms with Gasteiger partial charge in [0, 0.05) is 12.8 Å². The van der Waals surface area contributed by atoms with Gasteiger partial charge < -0.3 is 39.9 Å². The summed E-state index contributed by atoms with van der Waals surface area (Å²) in [4.78, 5) is 35.7. The van der Waals surface area contributed by atoms with E-state index in [1.165, 1.54) is 103 Å². The SMILES string of the molecule is CCCCCCC/C=C\CCCCCCCC(=O)OC[C@H](COP(=O)(O)OC1C(O)C(O)C(O)[C@@H](O)C1O)OC(=O)CCCCCCCCC/C=C\CCCCCCCCCC. The third-order valence-electron chi connectivity index (χ3n) is 11.5. The number of carbonyl (C=O) groups is 2. The summed E-state index contributed by atoms with van der Waals surface area (Å²) in [6.07, 6.45) is 29.4. The Balaban J connectivity index is 2.42. The van der Waals surface area contributed by atoms with Crippen molar-refractivity contribution in [3.05, 3.63) is 24.3 Å². The third kappa shape index (κ3) is 30.5. The summed E-state index contributed by atoms with van der Waals surface area (Å²) in [6.45, 7) is 3.30. The summed E-state index contributed by atoms with van der Waals surface area (Å²) in [6, 6.07) is 0. The topological polar surface area (TPSA) is 210 Å². The summed E-state index contributed by atoms with van der Waals surface area (Å²) in [5, 5.41) is 50.2. The number of carbonyl (C=O) groups excluding carboxylic acids is 2. The van der Waals surface area contributed by atoms with Gasteiger partial charge >= 0.3 is 19.8 Å². The molecule has 13 nitrogen and oxygen atoms in total. The lowest BCUT2D eigenvalue weighted by molar-refractivity contribution is -0.220. The molecular weight excluding hydrogens is 815 g/mol. The van der Waals surface area contributed by atoms with E-state index in [9.17, 15) is 44.6 Å². The Morgan fingerprint density at radius 1 is 0.484 bits per heavy atom. The van der Waals surface area contributed by atoms with Gasteiger partial charge in [0.1, 0.15) is 43.2 Å². The minimum Gasteiger partial charge on any atom is -0.462 e. The molecule has 0 aromatic rings.